The molecule has 4 heteroatoms. The van der Waals surface area contributed by atoms with E-state index in [-0.39, 0.29) is 6.04 Å². The maximum absolute atomic E-state index is 12.5. The maximum atomic E-state index is 12.5. The van der Waals surface area contributed by atoms with E-state index >= 15 is 0 Å². The third kappa shape index (κ3) is 3.23. The number of hydrogen-bond donors (Lipinski definition) is 0. The summed E-state index contributed by atoms with van der Waals surface area (Å²) < 4.78 is 0. The minimum absolute atomic E-state index is 0.0621. The van der Waals surface area contributed by atoms with Crippen molar-refractivity contribution < 1.29 is 4.79 Å². The van der Waals surface area contributed by atoms with Crippen LogP contribution in [-0.2, 0) is 4.79 Å². The van der Waals surface area contributed by atoms with Gasteiger partial charge >= 0.3 is 0 Å². The van der Waals surface area contributed by atoms with Crippen molar-refractivity contribution in [2.75, 3.05) is 46.3 Å². The summed E-state index contributed by atoms with van der Waals surface area (Å²) in [5, 5.41) is 0. The topological polar surface area (TPSA) is 26.8 Å². The summed E-state index contributed by atoms with van der Waals surface area (Å²) in [5.74, 6) is 1.12. The summed E-state index contributed by atoms with van der Waals surface area (Å²) in [6, 6.07) is 0.0621. The lowest BCUT2D eigenvalue weighted by Crippen LogP contribution is -2.54. The van der Waals surface area contributed by atoms with E-state index in [1.165, 1.54) is 12.8 Å². The van der Waals surface area contributed by atoms with Crippen LogP contribution in [0.2, 0.25) is 0 Å². The van der Waals surface area contributed by atoms with Crippen molar-refractivity contribution >= 4 is 5.91 Å². The largest absolute Gasteiger partial charge is 0.341 e. The van der Waals surface area contributed by atoms with E-state index in [0.717, 1.165) is 45.2 Å². The predicted octanol–water partition coefficient (Wildman–Crippen LogP) is 0.881. The summed E-state index contributed by atoms with van der Waals surface area (Å²) in [7, 11) is 2.15. The molecule has 0 aromatic carbocycles. The number of rotatable bonds is 2. The molecule has 2 heterocycles. The molecule has 0 aliphatic carbocycles. The zero-order valence-electron chi connectivity index (χ0n) is 12.1. The zero-order chi connectivity index (χ0) is 13.1. The molecule has 18 heavy (non-hydrogen) atoms. The molecule has 0 unspecified atom stereocenters. The predicted molar refractivity (Wildman–Crippen MR) is 73.5 cm³/mol. The average Bonchev–Trinajstić information content (AvgIpc) is 2.39. The zero-order valence-corrected chi connectivity index (χ0v) is 12.1. The van der Waals surface area contributed by atoms with Crippen molar-refractivity contribution in [3.05, 3.63) is 0 Å². The number of hydrogen-bond acceptors (Lipinski definition) is 3. The van der Waals surface area contributed by atoms with Gasteiger partial charge in [0.25, 0.3) is 0 Å². The first-order valence-electron chi connectivity index (χ1n) is 7.29. The van der Waals surface area contributed by atoms with E-state index in [1.807, 2.05) is 0 Å². The molecule has 2 aliphatic heterocycles. The van der Waals surface area contributed by atoms with Crippen molar-refractivity contribution in [1.82, 2.24) is 14.7 Å². The van der Waals surface area contributed by atoms with E-state index in [1.54, 1.807) is 0 Å². The first-order chi connectivity index (χ1) is 8.58. The van der Waals surface area contributed by atoms with Crippen LogP contribution in [0.25, 0.3) is 0 Å². The second kappa shape index (κ2) is 6.02. The molecule has 2 aliphatic rings. The van der Waals surface area contributed by atoms with Crippen LogP contribution < -0.4 is 0 Å². The Morgan fingerprint density at radius 3 is 2.17 bits per heavy atom. The Balaban J connectivity index is 1.84. The van der Waals surface area contributed by atoms with Crippen molar-refractivity contribution in [3.63, 3.8) is 0 Å². The Morgan fingerprint density at radius 2 is 1.61 bits per heavy atom. The monoisotopic (exact) mass is 253 g/mol. The fraction of sp³-hybridized carbons (Fsp3) is 0.929. The lowest BCUT2D eigenvalue weighted by Gasteiger charge is -2.39. The van der Waals surface area contributed by atoms with E-state index < -0.39 is 0 Å². The first kappa shape index (κ1) is 13.8. The first-order valence-corrected chi connectivity index (χ1v) is 7.29. The minimum atomic E-state index is 0.0621. The van der Waals surface area contributed by atoms with Crippen LogP contribution in [0.15, 0.2) is 0 Å². The molecule has 0 saturated carbocycles. The molecule has 1 atom stereocenters. The van der Waals surface area contributed by atoms with Crippen molar-refractivity contribution in [2.24, 2.45) is 5.92 Å². The fourth-order valence-corrected chi connectivity index (χ4v) is 2.86. The van der Waals surface area contributed by atoms with Gasteiger partial charge in [-0.25, -0.2) is 0 Å². The van der Waals surface area contributed by atoms with Crippen LogP contribution in [-0.4, -0.2) is 73.0 Å². The number of nitrogens with zero attached hydrogens (tertiary/aromatic N) is 3. The molecule has 2 rings (SSSR count). The minimum Gasteiger partial charge on any atom is -0.341 e. The van der Waals surface area contributed by atoms with Crippen LogP contribution in [0.1, 0.15) is 26.7 Å². The molecule has 0 aromatic rings. The summed E-state index contributed by atoms with van der Waals surface area (Å²) >= 11 is 0. The molecule has 0 aromatic heterocycles. The van der Waals surface area contributed by atoms with E-state index in [0.29, 0.717) is 5.91 Å². The highest BCUT2D eigenvalue weighted by Gasteiger charge is 2.29. The number of carbonyl (C=O) groups is 1. The van der Waals surface area contributed by atoms with Crippen molar-refractivity contribution in [3.8, 4) is 0 Å². The Hall–Kier alpha value is -0.610. The van der Waals surface area contributed by atoms with Crippen LogP contribution >= 0.6 is 0 Å². The van der Waals surface area contributed by atoms with Gasteiger partial charge in [-0.15, -0.1) is 0 Å². The molecule has 104 valence electrons. The van der Waals surface area contributed by atoms with Gasteiger partial charge in [-0.3, -0.25) is 9.69 Å². The maximum Gasteiger partial charge on any atom is 0.239 e. The van der Waals surface area contributed by atoms with Gasteiger partial charge in [-0.1, -0.05) is 6.92 Å². The standard InChI is InChI=1S/C14H27N3O/c1-12-4-6-17(7-5-12)14(18)13(2)16-10-8-15(3)9-11-16/h12-13H,4-11H2,1-3H3/t13-/m1/s1. The number of likely N-dealkylation sites (tertiary alicyclic amines) is 1. The van der Waals surface area contributed by atoms with Crippen LogP contribution in [0.4, 0.5) is 0 Å². The molecule has 4 nitrogen and oxygen atoms in total. The smallest absolute Gasteiger partial charge is 0.239 e. The lowest BCUT2D eigenvalue weighted by molar-refractivity contribution is -0.138. The molecule has 0 bridgehead atoms. The van der Waals surface area contributed by atoms with Gasteiger partial charge in [0.1, 0.15) is 0 Å². The van der Waals surface area contributed by atoms with Crippen LogP contribution in [0.5, 0.6) is 0 Å². The number of amides is 1. The highest BCUT2D eigenvalue weighted by Crippen LogP contribution is 2.18. The van der Waals surface area contributed by atoms with Gasteiger partial charge in [0.05, 0.1) is 6.04 Å². The third-order valence-electron chi connectivity index (χ3n) is 4.54. The SMILES string of the molecule is CC1CCN(C(=O)[C@@H](C)N2CCN(C)CC2)CC1. The number of carbonyl (C=O) groups excluding carboxylic acids is 1. The average molecular weight is 253 g/mol. The third-order valence-corrected chi connectivity index (χ3v) is 4.54. The van der Waals surface area contributed by atoms with E-state index in [4.69, 9.17) is 0 Å². The van der Waals surface area contributed by atoms with Gasteiger partial charge in [0, 0.05) is 39.3 Å². The lowest BCUT2D eigenvalue weighted by atomic mass is 9.98. The van der Waals surface area contributed by atoms with Gasteiger partial charge in [-0.2, -0.15) is 0 Å². The van der Waals surface area contributed by atoms with Crippen molar-refractivity contribution in [2.45, 2.75) is 32.7 Å². The summed E-state index contributed by atoms with van der Waals surface area (Å²) in [5.41, 5.74) is 0. The number of piperidine rings is 1. The fourth-order valence-electron chi connectivity index (χ4n) is 2.86. The van der Waals surface area contributed by atoms with Crippen LogP contribution in [0, 0.1) is 5.92 Å². The van der Waals surface area contributed by atoms with Gasteiger partial charge < -0.3 is 9.80 Å². The summed E-state index contributed by atoms with van der Waals surface area (Å²) in [4.78, 5) is 19.2. The number of piperazine rings is 1. The highest BCUT2D eigenvalue weighted by atomic mass is 16.2. The van der Waals surface area contributed by atoms with Gasteiger partial charge in [0.2, 0.25) is 5.91 Å². The second-order valence-corrected chi connectivity index (χ2v) is 6.02. The highest BCUT2D eigenvalue weighted by molar-refractivity contribution is 5.81. The molecular weight excluding hydrogens is 226 g/mol. The van der Waals surface area contributed by atoms with Crippen molar-refractivity contribution in [1.29, 1.82) is 0 Å². The second-order valence-electron chi connectivity index (χ2n) is 6.02. The molecule has 2 saturated heterocycles. The van der Waals surface area contributed by atoms with Gasteiger partial charge in [0.15, 0.2) is 0 Å². The van der Waals surface area contributed by atoms with E-state index in [2.05, 4.69) is 35.6 Å². The molecular formula is C14H27N3O. The summed E-state index contributed by atoms with van der Waals surface area (Å²) in [6.45, 7) is 10.5. The Labute approximate surface area is 111 Å². The summed E-state index contributed by atoms with van der Waals surface area (Å²) in [6.07, 6.45) is 2.34. The Bertz CT molecular complexity index is 279. The molecule has 2 fully saturated rings. The molecule has 0 N–H and O–H groups in total. The molecule has 0 radical (unpaired) electrons. The Morgan fingerprint density at radius 1 is 1.06 bits per heavy atom. The quantitative estimate of drug-likeness (QED) is 0.731. The number of likely N-dealkylation sites (N-methyl/N-ethyl adjacent to an activating group) is 1. The Kier molecular flexibility index (Phi) is 4.62. The van der Waals surface area contributed by atoms with Crippen LogP contribution in [0.3, 0.4) is 0 Å². The molecule has 1 amide bonds. The van der Waals surface area contributed by atoms with Gasteiger partial charge in [-0.05, 0) is 32.7 Å². The molecule has 0 spiro atoms. The van der Waals surface area contributed by atoms with E-state index in [9.17, 15) is 4.79 Å². The normalized spacial score (nSPS) is 26.3.